The molecule has 0 amide bonds. The summed E-state index contributed by atoms with van der Waals surface area (Å²) in [5.74, 6) is 0. The molecule has 0 unspecified atom stereocenters. The van der Waals surface area contributed by atoms with E-state index in [1.54, 1.807) is 0 Å². The van der Waals surface area contributed by atoms with Crippen LogP contribution in [0.1, 0.15) is 23.6 Å². The molecule has 3 aromatic carbocycles. The van der Waals surface area contributed by atoms with Crippen molar-refractivity contribution in [2.45, 2.75) is 18.9 Å². The van der Waals surface area contributed by atoms with E-state index in [0.717, 1.165) is 54.8 Å². The van der Waals surface area contributed by atoms with E-state index in [-0.39, 0.29) is 6.04 Å². The monoisotopic (exact) mass is 492 g/mol. The number of anilines is 1. The van der Waals surface area contributed by atoms with Crippen LogP contribution in [0.4, 0.5) is 5.69 Å². The molecule has 162 valence electrons. The van der Waals surface area contributed by atoms with Gasteiger partial charge in [-0.05, 0) is 73.0 Å². The first-order chi connectivity index (χ1) is 15.0. The maximum Gasteiger partial charge on any atom is 0.0670 e. The Labute approximate surface area is 204 Å². The second kappa shape index (κ2) is 10.5. The molecule has 0 aromatic heterocycles. The predicted molar refractivity (Wildman–Crippen MR) is 134 cm³/mol. The maximum atomic E-state index is 6.57. The van der Waals surface area contributed by atoms with Crippen LogP contribution in [0.15, 0.2) is 66.7 Å². The summed E-state index contributed by atoms with van der Waals surface area (Å²) < 4.78 is 0. The molecule has 0 saturated carbocycles. The highest BCUT2D eigenvalue weighted by atomic mass is 35.5. The van der Waals surface area contributed by atoms with Crippen molar-refractivity contribution in [3.63, 3.8) is 0 Å². The van der Waals surface area contributed by atoms with Crippen LogP contribution in [-0.4, -0.2) is 31.1 Å². The Bertz CT molecular complexity index is 1010. The molecule has 1 fully saturated rings. The average molecular weight is 494 g/mol. The van der Waals surface area contributed by atoms with Crippen molar-refractivity contribution < 1.29 is 0 Å². The second-order valence-corrected chi connectivity index (χ2v) is 9.60. The number of aryl methyl sites for hydroxylation is 1. The first kappa shape index (κ1) is 22.8. The molecule has 0 bridgehead atoms. The summed E-state index contributed by atoms with van der Waals surface area (Å²) >= 11 is 24.8. The maximum absolute atomic E-state index is 6.57. The summed E-state index contributed by atoms with van der Waals surface area (Å²) in [5.41, 5.74) is 3.58. The van der Waals surface area contributed by atoms with Crippen LogP contribution in [0.5, 0.6) is 0 Å². The Morgan fingerprint density at radius 2 is 1.39 bits per heavy atom. The van der Waals surface area contributed by atoms with E-state index in [1.807, 2.05) is 42.5 Å². The third kappa shape index (κ3) is 5.88. The summed E-state index contributed by atoms with van der Waals surface area (Å²) in [7, 11) is 0. The number of hydrogen-bond acceptors (Lipinski definition) is 2. The SMILES string of the molecule is Clc1ccc(CCCN2CCN(c3ccc(Cl)cc3Cl)[C@H](c3ccc(Cl)cc3)C2)cc1. The third-order valence-corrected chi connectivity index (χ3v) is 6.83. The van der Waals surface area contributed by atoms with Gasteiger partial charge in [0.05, 0.1) is 16.8 Å². The van der Waals surface area contributed by atoms with Gasteiger partial charge in [0.2, 0.25) is 0 Å². The zero-order valence-corrected chi connectivity index (χ0v) is 20.1. The van der Waals surface area contributed by atoms with E-state index in [9.17, 15) is 0 Å². The topological polar surface area (TPSA) is 6.48 Å². The number of nitrogens with zero attached hydrogens (tertiary/aromatic N) is 2. The molecular formula is C25H24Cl4N2. The third-order valence-electron chi connectivity index (χ3n) is 5.79. The molecule has 0 N–H and O–H groups in total. The van der Waals surface area contributed by atoms with Gasteiger partial charge in [0.25, 0.3) is 0 Å². The Morgan fingerprint density at radius 1 is 0.742 bits per heavy atom. The van der Waals surface area contributed by atoms with Gasteiger partial charge in [-0.3, -0.25) is 4.90 Å². The zero-order chi connectivity index (χ0) is 21.8. The molecule has 1 atom stereocenters. The van der Waals surface area contributed by atoms with E-state index < -0.39 is 0 Å². The fourth-order valence-corrected chi connectivity index (χ4v) is 4.94. The van der Waals surface area contributed by atoms with Crippen LogP contribution in [0.2, 0.25) is 20.1 Å². The highest BCUT2D eigenvalue weighted by molar-refractivity contribution is 6.36. The van der Waals surface area contributed by atoms with Gasteiger partial charge < -0.3 is 4.90 Å². The van der Waals surface area contributed by atoms with Crippen molar-refractivity contribution in [3.05, 3.63) is 97.9 Å². The van der Waals surface area contributed by atoms with Gasteiger partial charge in [-0.2, -0.15) is 0 Å². The molecule has 3 aromatic rings. The van der Waals surface area contributed by atoms with Gasteiger partial charge in [-0.25, -0.2) is 0 Å². The van der Waals surface area contributed by atoms with Crippen LogP contribution < -0.4 is 4.90 Å². The molecular weight excluding hydrogens is 470 g/mol. The fraction of sp³-hybridized carbons (Fsp3) is 0.280. The molecule has 31 heavy (non-hydrogen) atoms. The van der Waals surface area contributed by atoms with Crippen LogP contribution in [0.3, 0.4) is 0 Å². The van der Waals surface area contributed by atoms with Crippen LogP contribution in [-0.2, 0) is 6.42 Å². The normalized spacial score (nSPS) is 17.2. The summed E-state index contributed by atoms with van der Waals surface area (Å²) in [6.45, 7) is 3.87. The van der Waals surface area contributed by atoms with Gasteiger partial charge in [0.15, 0.2) is 0 Å². The van der Waals surface area contributed by atoms with Gasteiger partial charge in [0.1, 0.15) is 0 Å². The minimum Gasteiger partial charge on any atom is -0.361 e. The van der Waals surface area contributed by atoms with Crippen molar-refractivity contribution in [1.82, 2.24) is 4.90 Å². The van der Waals surface area contributed by atoms with E-state index >= 15 is 0 Å². The summed E-state index contributed by atoms with van der Waals surface area (Å²) in [4.78, 5) is 4.92. The number of hydrogen-bond donors (Lipinski definition) is 0. The van der Waals surface area contributed by atoms with Crippen molar-refractivity contribution in [3.8, 4) is 0 Å². The molecule has 0 spiro atoms. The number of piperazine rings is 1. The largest absolute Gasteiger partial charge is 0.361 e. The first-order valence-corrected chi connectivity index (χ1v) is 11.9. The zero-order valence-electron chi connectivity index (χ0n) is 17.1. The first-order valence-electron chi connectivity index (χ1n) is 10.4. The minimum absolute atomic E-state index is 0.195. The van der Waals surface area contributed by atoms with Gasteiger partial charge in [-0.15, -0.1) is 0 Å². The molecule has 1 saturated heterocycles. The molecule has 6 heteroatoms. The van der Waals surface area contributed by atoms with E-state index in [1.165, 1.54) is 11.1 Å². The Morgan fingerprint density at radius 3 is 2.06 bits per heavy atom. The molecule has 4 rings (SSSR count). The summed E-state index contributed by atoms with van der Waals surface area (Å²) in [6, 6.07) is 22.2. The lowest BCUT2D eigenvalue weighted by Crippen LogP contribution is -2.49. The van der Waals surface area contributed by atoms with Crippen molar-refractivity contribution in [2.75, 3.05) is 31.1 Å². The minimum atomic E-state index is 0.195. The predicted octanol–water partition coefficient (Wildman–Crippen LogP) is 7.80. The highest BCUT2D eigenvalue weighted by Crippen LogP contribution is 2.36. The molecule has 1 aliphatic heterocycles. The summed E-state index contributed by atoms with van der Waals surface area (Å²) in [5, 5.41) is 2.86. The molecule has 0 aliphatic carbocycles. The Kier molecular flexibility index (Phi) is 7.68. The molecule has 1 heterocycles. The van der Waals surface area contributed by atoms with Crippen molar-refractivity contribution in [2.24, 2.45) is 0 Å². The molecule has 1 aliphatic rings. The number of rotatable bonds is 6. The molecule has 2 nitrogen and oxygen atoms in total. The second-order valence-electron chi connectivity index (χ2n) is 7.89. The lowest BCUT2D eigenvalue weighted by Gasteiger charge is -2.43. The van der Waals surface area contributed by atoms with Crippen molar-refractivity contribution >= 4 is 52.1 Å². The van der Waals surface area contributed by atoms with Crippen LogP contribution in [0, 0.1) is 0 Å². The molecule has 0 radical (unpaired) electrons. The number of halogens is 4. The summed E-state index contributed by atoms with van der Waals surface area (Å²) in [6.07, 6.45) is 2.16. The van der Waals surface area contributed by atoms with Crippen LogP contribution >= 0.6 is 46.4 Å². The van der Waals surface area contributed by atoms with Gasteiger partial charge in [-0.1, -0.05) is 70.7 Å². The average Bonchev–Trinajstić information content (AvgIpc) is 2.76. The van der Waals surface area contributed by atoms with Crippen molar-refractivity contribution in [1.29, 1.82) is 0 Å². The fourth-order valence-electron chi connectivity index (χ4n) is 4.17. The standard InChI is InChI=1S/C25H24Cl4N2/c26-20-7-3-18(4-8-20)2-1-13-30-14-15-31(24-12-11-22(28)16-23(24)29)25(17-30)19-5-9-21(27)10-6-19/h3-12,16,25H,1-2,13-15,17H2/t25-/m0/s1. The van der Waals surface area contributed by atoms with E-state index in [4.69, 9.17) is 46.4 Å². The van der Waals surface area contributed by atoms with Gasteiger partial charge >= 0.3 is 0 Å². The highest BCUT2D eigenvalue weighted by Gasteiger charge is 2.29. The Balaban J connectivity index is 1.48. The lowest BCUT2D eigenvalue weighted by molar-refractivity contribution is 0.221. The quantitative estimate of drug-likeness (QED) is 0.345. The number of benzene rings is 3. The van der Waals surface area contributed by atoms with E-state index in [0.29, 0.717) is 10.0 Å². The van der Waals surface area contributed by atoms with Gasteiger partial charge in [0, 0.05) is 34.7 Å². The Hall–Kier alpha value is -1.42. The lowest BCUT2D eigenvalue weighted by atomic mass is 10.0. The van der Waals surface area contributed by atoms with Crippen LogP contribution in [0.25, 0.3) is 0 Å². The smallest absolute Gasteiger partial charge is 0.0670 e. The van der Waals surface area contributed by atoms with E-state index in [2.05, 4.69) is 34.1 Å².